The molecule has 1 aliphatic heterocycles. The fourth-order valence-electron chi connectivity index (χ4n) is 2.98. The van der Waals surface area contributed by atoms with Crippen molar-refractivity contribution in [3.63, 3.8) is 0 Å². The van der Waals surface area contributed by atoms with Gasteiger partial charge in [0.05, 0.1) is 5.75 Å². The largest absolute Gasteiger partial charge is 0.382 e. The summed E-state index contributed by atoms with van der Waals surface area (Å²) in [6.45, 7) is 8.01. The van der Waals surface area contributed by atoms with E-state index in [4.69, 9.17) is 5.73 Å². The average Bonchev–Trinajstić information content (AvgIpc) is 2.70. The molecule has 114 valence electrons. The third-order valence-corrected chi connectivity index (χ3v) is 6.62. The fraction of sp³-hybridized carbons (Fsp3) is 0.769. The Hall–Kier alpha value is -0.820. The van der Waals surface area contributed by atoms with Crippen molar-refractivity contribution in [2.24, 2.45) is 11.8 Å². The number of anilines is 2. The maximum absolute atomic E-state index is 12.4. The van der Waals surface area contributed by atoms with Crippen LogP contribution in [-0.4, -0.2) is 31.6 Å². The van der Waals surface area contributed by atoms with Gasteiger partial charge < -0.3 is 10.6 Å². The first-order chi connectivity index (χ1) is 9.35. The number of nitrogens with zero attached hydrogens (tertiary/aromatic N) is 2. The fourth-order valence-corrected chi connectivity index (χ4v) is 5.76. The van der Waals surface area contributed by atoms with Crippen LogP contribution in [0.25, 0.3) is 0 Å². The standard InChI is InChI=1S/C13H23N3O2S2/c1-4-5-20(17,18)11-12(14)15-19-13(11)16-7-9(2)6-10(3)8-16/h9-10H,4-8H2,1-3H3,(H2,14,15). The predicted octanol–water partition coefficient (Wildman–Crippen LogP) is 2.39. The lowest BCUT2D eigenvalue weighted by Crippen LogP contribution is -2.38. The zero-order valence-electron chi connectivity index (χ0n) is 12.3. The van der Waals surface area contributed by atoms with Gasteiger partial charge in [-0.15, -0.1) is 0 Å². The summed E-state index contributed by atoms with van der Waals surface area (Å²) in [5, 5.41) is 0.731. The normalized spacial score (nSPS) is 24.1. The van der Waals surface area contributed by atoms with E-state index < -0.39 is 9.84 Å². The number of aromatic nitrogens is 1. The van der Waals surface area contributed by atoms with Gasteiger partial charge in [0.2, 0.25) is 0 Å². The van der Waals surface area contributed by atoms with E-state index in [-0.39, 0.29) is 16.5 Å². The summed E-state index contributed by atoms with van der Waals surface area (Å²) in [5.41, 5.74) is 5.83. The van der Waals surface area contributed by atoms with Crippen molar-refractivity contribution in [1.82, 2.24) is 4.37 Å². The number of rotatable bonds is 4. The molecule has 2 atom stereocenters. The minimum absolute atomic E-state index is 0.127. The van der Waals surface area contributed by atoms with Crippen molar-refractivity contribution in [3.05, 3.63) is 0 Å². The van der Waals surface area contributed by atoms with Crippen molar-refractivity contribution < 1.29 is 8.42 Å². The number of hydrogen-bond acceptors (Lipinski definition) is 6. The molecule has 0 aliphatic carbocycles. The van der Waals surface area contributed by atoms with Crippen LogP contribution in [0.1, 0.15) is 33.6 Å². The van der Waals surface area contributed by atoms with Gasteiger partial charge in [-0.2, -0.15) is 4.37 Å². The van der Waals surface area contributed by atoms with Crippen LogP contribution in [0, 0.1) is 11.8 Å². The van der Waals surface area contributed by atoms with E-state index in [9.17, 15) is 8.42 Å². The Kier molecular flexibility index (Phi) is 4.59. The highest BCUT2D eigenvalue weighted by Crippen LogP contribution is 2.38. The summed E-state index contributed by atoms with van der Waals surface area (Å²) in [7, 11) is -3.33. The Balaban J connectivity index is 2.38. The number of nitrogens with two attached hydrogens (primary N) is 1. The minimum atomic E-state index is -3.33. The van der Waals surface area contributed by atoms with Crippen LogP contribution in [0.3, 0.4) is 0 Å². The third-order valence-electron chi connectivity index (χ3n) is 3.60. The van der Waals surface area contributed by atoms with Crippen LogP contribution in [-0.2, 0) is 9.84 Å². The van der Waals surface area contributed by atoms with Crippen LogP contribution in [0.5, 0.6) is 0 Å². The highest BCUT2D eigenvalue weighted by atomic mass is 32.2. The monoisotopic (exact) mass is 317 g/mol. The maximum atomic E-state index is 12.4. The van der Waals surface area contributed by atoms with Gasteiger partial charge in [0.1, 0.15) is 9.90 Å². The zero-order valence-corrected chi connectivity index (χ0v) is 13.9. The van der Waals surface area contributed by atoms with E-state index in [0.29, 0.717) is 18.3 Å². The summed E-state index contributed by atoms with van der Waals surface area (Å²) >= 11 is 1.21. The third kappa shape index (κ3) is 3.09. The van der Waals surface area contributed by atoms with E-state index >= 15 is 0 Å². The Morgan fingerprint density at radius 1 is 1.35 bits per heavy atom. The van der Waals surface area contributed by atoms with Gasteiger partial charge in [0.25, 0.3) is 0 Å². The first-order valence-corrected chi connectivity index (χ1v) is 9.50. The Morgan fingerprint density at radius 3 is 2.50 bits per heavy atom. The molecule has 7 heteroatoms. The lowest BCUT2D eigenvalue weighted by atomic mass is 9.92. The molecule has 5 nitrogen and oxygen atoms in total. The smallest absolute Gasteiger partial charge is 0.185 e. The number of hydrogen-bond donors (Lipinski definition) is 1. The van der Waals surface area contributed by atoms with Gasteiger partial charge in [0.15, 0.2) is 15.7 Å². The van der Waals surface area contributed by atoms with Crippen LogP contribution < -0.4 is 10.6 Å². The van der Waals surface area contributed by atoms with Crippen molar-refractivity contribution in [3.8, 4) is 0 Å². The quantitative estimate of drug-likeness (QED) is 0.922. The topological polar surface area (TPSA) is 76.3 Å². The highest BCUT2D eigenvalue weighted by Gasteiger charge is 2.31. The molecule has 2 unspecified atom stereocenters. The van der Waals surface area contributed by atoms with Crippen molar-refractivity contribution in [2.45, 2.75) is 38.5 Å². The van der Waals surface area contributed by atoms with Gasteiger partial charge in [-0.25, -0.2) is 8.42 Å². The molecule has 1 saturated heterocycles. The lowest BCUT2D eigenvalue weighted by Gasteiger charge is -2.35. The molecule has 0 amide bonds. The molecular weight excluding hydrogens is 294 g/mol. The summed E-state index contributed by atoms with van der Waals surface area (Å²) < 4.78 is 28.9. The molecule has 20 heavy (non-hydrogen) atoms. The molecule has 2 heterocycles. The number of piperidine rings is 1. The number of nitrogen functional groups attached to an aromatic ring is 1. The van der Waals surface area contributed by atoms with Gasteiger partial charge in [-0.05, 0) is 36.2 Å². The molecular formula is C13H23N3O2S2. The van der Waals surface area contributed by atoms with Gasteiger partial charge >= 0.3 is 0 Å². The van der Waals surface area contributed by atoms with Gasteiger partial charge in [0, 0.05) is 13.1 Å². The predicted molar refractivity (Wildman–Crippen MR) is 84.0 cm³/mol. The van der Waals surface area contributed by atoms with Crippen molar-refractivity contribution >= 4 is 32.2 Å². The van der Waals surface area contributed by atoms with Gasteiger partial charge in [-0.3, -0.25) is 0 Å². The van der Waals surface area contributed by atoms with E-state index in [1.165, 1.54) is 18.0 Å². The van der Waals surface area contributed by atoms with Crippen molar-refractivity contribution in [1.29, 1.82) is 0 Å². The average molecular weight is 317 g/mol. The Labute approximate surface area is 125 Å². The van der Waals surface area contributed by atoms with Crippen LogP contribution in [0.15, 0.2) is 4.90 Å². The molecule has 1 aromatic rings. The second-order valence-electron chi connectivity index (χ2n) is 5.87. The molecule has 0 radical (unpaired) electrons. The maximum Gasteiger partial charge on any atom is 0.185 e. The summed E-state index contributed by atoms with van der Waals surface area (Å²) in [5.74, 6) is 1.40. The molecule has 2 rings (SSSR count). The first kappa shape index (κ1) is 15.6. The van der Waals surface area contributed by atoms with E-state index in [1.54, 1.807) is 0 Å². The van der Waals surface area contributed by atoms with Crippen LogP contribution >= 0.6 is 11.5 Å². The van der Waals surface area contributed by atoms with E-state index in [1.807, 2.05) is 6.92 Å². The summed E-state index contributed by atoms with van der Waals surface area (Å²) in [4.78, 5) is 2.40. The second-order valence-corrected chi connectivity index (χ2v) is 8.67. The Bertz CT molecular complexity index is 558. The van der Waals surface area contributed by atoms with E-state index in [2.05, 4.69) is 23.1 Å². The summed E-state index contributed by atoms with van der Waals surface area (Å²) in [6, 6.07) is 0. The molecule has 0 bridgehead atoms. The first-order valence-electron chi connectivity index (χ1n) is 7.08. The molecule has 0 aromatic carbocycles. The van der Waals surface area contributed by atoms with Gasteiger partial charge in [-0.1, -0.05) is 20.8 Å². The minimum Gasteiger partial charge on any atom is -0.382 e. The lowest BCUT2D eigenvalue weighted by molar-refractivity contribution is 0.357. The SMILES string of the molecule is CCCS(=O)(=O)c1c(N)nsc1N1CC(C)CC(C)C1. The van der Waals surface area contributed by atoms with Crippen LogP contribution in [0.2, 0.25) is 0 Å². The Morgan fingerprint density at radius 2 is 1.95 bits per heavy atom. The molecule has 1 aromatic heterocycles. The molecule has 0 spiro atoms. The van der Waals surface area contributed by atoms with Crippen LogP contribution in [0.4, 0.5) is 10.8 Å². The van der Waals surface area contributed by atoms with Crippen molar-refractivity contribution in [2.75, 3.05) is 29.5 Å². The molecule has 2 N–H and O–H groups in total. The number of sulfone groups is 1. The second kappa shape index (κ2) is 5.89. The summed E-state index contributed by atoms with van der Waals surface area (Å²) in [6.07, 6.45) is 1.77. The molecule has 0 saturated carbocycles. The molecule has 1 aliphatic rings. The van der Waals surface area contributed by atoms with E-state index in [0.717, 1.165) is 18.1 Å². The zero-order chi connectivity index (χ0) is 14.9. The highest BCUT2D eigenvalue weighted by molar-refractivity contribution is 7.91. The molecule has 1 fully saturated rings.